The van der Waals surface area contributed by atoms with Crippen LogP contribution in [0.15, 0.2) is 164 Å². The van der Waals surface area contributed by atoms with Crippen LogP contribution in [0.3, 0.4) is 0 Å². The maximum Gasteiger partial charge on any atom is -0.00237 e. The third kappa shape index (κ3) is 3.89. The van der Waals surface area contributed by atoms with Gasteiger partial charge in [0.25, 0.3) is 0 Å². The molecule has 0 amide bonds. The van der Waals surface area contributed by atoms with Crippen molar-refractivity contribution in [2.24, 2.45) is 0 Å². The van der Waals surface area contributed by atoms with Crippen LogP contribution in [-0.4, -0.2) is 0 Å². The van der Waals surface area contributed by atoms with Gasteiger partial charge in [0, 0.05) is 0 Å². The molecular formula is C47H30. The van der Waals surface area contributed by atoms with Crippen molar-refractivity contribution in [2.45, 2.75) is 6.92 Å². The molecule has 0 saturated heterocycles. The standard InChI is InChI=1S/C47H30/c1-29-20-22-37-43-28-46-44(27-42(43)36-19-11-18-34(29)47(36)37)39(32-16-9-4-10-17-32)25-41-35-23-21-33(30-12-5-2-6-13-30)24-40(35)38(26-45(41)46)31-14-7-3-8-15-31/h2-28H,1H3. The number of fused-ring (bicyclic) bond motifs is 8. The van der Waals surface area contributed by atoms with Gasteiger partial charge < -0.3 is 0 Å². The second-order valence-electron chi connectivity index (χ2n) is 12.9. The van der Waals surface area contributed by atoms with Crippen molar-refractivity contribution in [1.29, 1.82) is 0 Å². The van der Waals surface area contributed by atoms with E-state index in [4.69, 9.17) is 0 Å². The third-order valence-corrected chi connectivity index (χ3v) is 10.3. The Balaban J connectivity index is 1.37. The van der Waals surface area contributed by atoms with Crippen LogP contribution in [0.25, 0.3) is 98.7 Å². The van der Waals surface area contributed by atoms with Gasteiger partial charge in [-0.1, -0.05) is 133 Å². The summed E-state index contributed by atoms with van der Waals surface area (Å²) in [4.78, 5) is 0. The zero-order valence-corrected chi connectivity index (χ0v) is 26.1. The molecule has 0 fully saturated rings. The van der Waals surface area contributed by atoms with Crippen molar-refractivity contribution >= 4 is 43.1 Å². The van der Waals surface area contributed by atoms with Gasteiger partial charge in [0.2, 0.25) is 0 Å². The Labute approximate surface area is 274 Å². The highest BCUT2D eigenvalue weighted by atomic mass is 14.3. The summed E-state index contributed by atoms with van der Waals surface area (Å²) in [6, 6.07) is 60.8. The highest BCUT2D eigenvalue weighted by Gasteiger charge is 2.24. The van der Waals surface area contributed by atoms with Gasteiger partial charge >= 0.3 is 0 Å². The molecule has 0 atom stereocenters. The van der Waals surface area contributed by atoms with Crippen LogP contribution in [-0.2, 0) is 0 Å². The Morgan fingerprint density at radius 1 is 0.255 bits per heavy atom. The summed E-state index contributed by atoms with van der Waals surface area (Å²) >= 11 is 0. The maximum absolute atomic E-state index is 2.49. The zero-order valence-electron chi connectivity index (χ0n) is 26.1. The Morgan fingerprint density at radius 2 is 0.766 bits per heavy atom. The first-order valence-electron chi connectivity index (χ1n) is 16.4. The van der Waals surface area contributed by atoms with Crippen molar-refractivity contribution in [1.82, 2.24) is 0 Å². The Morgan fingerprint density at radius 3 is 1.43 bits per heavy atom. The molecule has 0 saturated carbocycles. The van der Waals surface area contributed by atoms with E-state index in [0.717, 1.165) is 0 Å². The number of benzene rings is 9. The lowest BCUT2D eigenvalue weighted by Crippen LogP contribution is -1.91. The average molecular weight is 595 g/mol. The second kappa shape index (κ2) is 10.0. The van der Waals surface area contributed by atoms with Crippen LogP contribution in [0.2, 0.25) is 0 Å². The van der Waals surface area contributed by atoms with Crippen LogP contribution in [0.1, 0.15) is 5.56 Å². The van der Waals surface area contributed by atoms with Gasteiger partial charge in [0.1, 0.15) is 0 Å². The van der Waals surface area contributed by atoms with E-state index in [2.05, 4.69) is 171 Å². The van der Waals surface area contributed by atoms with Crippen LogP contribution < -0.4 is 0 Å². The molecular weight excluding hydrogens is 565 g/mol. The van der Waals surface area contributed by atoms with Crippen LogP contribution in [0, 0.1) is 6.92 Å². The maximum atomic E-state index is 2.49. The molecule has 0 unspecified atom stereocenters. The molecule has 218 valence electrons. The lowest BCUT2D eigenvalue weighted by Gasteiger charge is -2.18. The normalized spacial score (nSPS) is 11.9. The fraction of sp³-hybridized carbons (Fsp3) is 0.0213. The molecule has 47 heavy (non-hydrogen) atoms. The van der Waals surface area contributed by atoms with E-state index in [1.807, 2.05) is 0 Å². The van der Waals surface area contributed by atoms with E-state index >= 15 is 0 Å². The topological polar surface area (TPSA) is 0 Å². The average Bonchev–Trinajstić information content (AvgIpc) is 3.45. The predicted molar refractivity (Wildman–Crippen MR) is 202 cm³/mol. The van der Waals surface area contributed by atoms with E-state index in [-0.39, 0.29) is 0 Å². The first kappa shape index (κ1) is 26.3. The lowest BCUT2D eigenvalue weighted by atomic mass is 9.85. The quantitative estimate of drug-likeness (QED) is 0.179. The summed E-state index contributed by atoms with van der Waals surface area (Å²) in [6.45, 7) is 2.23. The molecule has 0 heteroatoms. The molecule has 0 aromatic heterocycles. The summed E-state index contributed by atoms with van der Waals surface area (Å²) in [7, 11) is 0. The van der Waals surface area contributed by atoms with Crippen LogP contribution in [0.4, 0.5) is 0 Å². The zero-order chi connectivity index (χ0) is 31.1. The van der Waals surface area contributed by atoms with Gasteiger partial charge in [-0.05, 0) is 142 Å². The lowest BCUT2D eigenvalue weighted by molar-refractivity contribution is 1.54. The highest BCUT2D eigenvalue weighted by Crippen LogP contribution is 2.52. The molecule has 0 N–H and O–H groups in total. The smallest absolute Gasteiger partial charge is 0.00237 e. The number of hydrogen-bond acceptors (Lipinski definition) is 0. The van der Waals surface area contributed by atoms with Crippen molar-refractivity contribution in [3.05, 3.63) is 169 Å². The fourth-order valence-corrected chi connectivity index (χ4v) is 8.06. The van der Waals surface area contributed by atoms with Crippen molar-refractivity contribution < 1.29 is 0 Å². The van der Waals surface area contributed by atoms with Gasteiger partial charge in [-0.15, -0.1) is 0 Å². The van der Waals surface area contributed by atoms with E-state index in [0.29, 0.717) is 0 Å². The molecule has 0 heterocycles. The summed E-state index contributed by atoms with van der Waals surface area (Å²) in [6.07, 6.45) is 0. The second-order valence-corrected chi connectivity index (χ2v) is 12.9. The summed E-state index contributed by atoms with van der Waals surface area (Å²) in [5.74, 6) is 0. The van der Waals surface area contributed by atoms with Crippen molar-refractivity contribution in [3.63, 3.8) is 0 Å². The summed E-state index contributed by atoms with van der Waals surface area (Å²) in [5.41, 5.74) is 14.2. The predicted octanol–water partition coefficient (Wildman–Crippen LogP) is 13.3. The molecule has 1 aliphatic rings. The molecule has 9 aromatic rings. The number of hydrogen-bond donors (Lipinski definition) is 0. The van der Waals surface area contributed by atoms with Crippen molar-refractivity contribution in [2.75, 3.05) is 0 Å². The van der Waals surface area contributed by atoms with Crippen molar-refractivity contribution in [3.8, 4) is 55.6 Å². The Hall–Kier alpha value is -5.98. The molecule has 0 bridgehead atoms. The van der Waals surface area contributed by atoms with Crippen LogP contribution >= 0.6 is 0 Å². The minimum Gasteiger partial charge on any atom is -0.0622 e. The molecule has 0 nitrogen and oxygen atoms in total. The molecule has 10 rings (SSSR count). The van der Waals surface area contributed by atoms with E-state index in [1.165, 1.54) is 104 Å². The Bertz CT molecular complexity index is 2700. The van der Waals surface area contributed by atoms with Gasteiger partial charge in [-0.2, -0.15) is 0 Å². The monoisotopic (exact) mass is 594 g/mol. The van der Waals surface area contributed by atoms with Gasteiger partial charge in [0.15, 0.2) is 0 Å². The van der Waals surface area contributed by atoms with E-state index in [1.54, 1.807) is 0 Å². The molecule has 0 aliphatic heterocycles. The number of aryl methyl sites for hydroxylation is 1. The highest BCUT2D eigenvalue weighted by molar-refractivity contribution is 6.27. The van der Waals surface area contributed by atoms with Crippen LogP contribution in [0.5, 0.6) is 0 Å². The number of rotatable bonds is 3. The summed E-state index contributed by atoms with van der Waals surface area (Å²) in [5, 5.41) is 10.5. The third-order valence-electron chi connectivity index (χ3n) is 10.3. The van der Waals surface area contributed by atoms with Gasteiger partial charge in [-0.25, -0.2) is 0 Å². The first-order chi connectivity index (χ1) is 23.2. The largest absolute Gasteiger partial charge is 0.0622 e. The molecule has 0 spiro atoms. The van der Waals surface area contributed by atoms with E-state index < -0.39 is 0 Å². The van der Waals surface area contributed by atoms with E-state index in [9.17, 15) is 0 Å². The Kier molecular flexibility index (Phi) is 5.59. The minimum absolute atomic E-state index is 1.23. The van der Waals surface area contributed by atoms with Gasteiger partial charge in [-0.3, -0.25) is 0 Å². The first-order valence-corrected chi connectivity index (χ1v) is 16.4. The fourth-order valence-electron chi connectivity index (χ4n) is 8.06. The van der Waals surface area contributed by atoms with Gasteiger partial charge in [0.05, 0.1) is 0 Å². The molecule has 9 aromatic carbocycles. The molecule has 0 radical (unpaired) electrons. The molecule has 1 aliphatic carbocycles. The summed E-state index contributed by atoms with van der Waals surface area (Å²) < 4.78 is 0. The SMILES string of the molecule is Cc1ccc2c3c(cccc13)-c1cc3c(-c4ccccc4)cc4c5ccc(-c6ccccc6)cc5c(-c5ccccc5)cc4c3cc1-2. The minimum atomic E-state index is 1.23.